The van der Waals surface area contributed by atoms with Crippen LogP contribution in [0.1, 0.15) is 28.9 Å². The molecule has 3 aromatic heterocycles. The first-order chi connectivity index (χ1) is 15.8. The van der Waals surface area contributed by atoms with Gasteiger partial charge >= 0.3 is 0 Å². The zero-order chi connectivity index (χ0) is 23.7. The van der Waals surface area contributed by atoms with Crippen molar-refractivity contribution in [2.45, 2.75) is 43.5 Å². The number of amides is 1. The number of rotatable bonds is 7. The zero-order valence-corrected chi connectivity index (χ0v) is 20.5. The lowest BCUT2D eigenvalue weighted by atomic mass is 10.1. The van der Waals surface area contributed by atoms with Gasteiger partial charge in [-0.25, -0.2) is 9.67 Å². The molecule has 0 radical (unpaired) electrons. The van der Waals surface area contributed by atoms with E-state index in [0.29, 0.717) is 36.6 Å². The van der Waals surface area contributed by atoms with Gasteiger partial charge in [0.25, 0.3) is 0 Å². The van der Waals surface area contributed by atoms with Crippen LogP contribution in [0.2, 0.25) is 0 Å². The molecule has 1 atom stereocenters. The maximum atomic E-state index is 12.8. The fraction of sp³-hybridized carbons (Fsp3) is 0.500. The number of aromatic nitrogens is 5. The molecule has 0 aromatic carbocycles. The molecule has 33 heavy (non-hydrogen) atoms. The van der Waals surface area contributed by atoms with Crippen molar-refractivity contribution in [3.05, 3.63) is 28.7 Å². The van der Waals surface area contributed by atoms with E-state index in [9.17, 15) is 4.79 Å². The summed E-state index contributed by atoms with van der Waals surface area (Å²) in [5.74, 6) is 1.00. The van der Waals surface area contributed by atoms with E-state index in [2.05, 4.69) is 20.3 Å². The molecule has 0 spiro atoms. The van der Waals surface area contributed by atoms with E-state index < -0.39 is 0 Å². The van der Waals surface area contributed by atoms with Crippen molar-refractivity contribution in [1.82, 2.24) is 34.9 Å². The van der Waals surface area contributed by atoms with Crippen molar-refractivity contribution in [2.24, 2.45) is 0 Å². The molecular weight excluding hydrogens is 440 g/mol. The van der Waals surface area contributed by atoms with Gasteiger partial charge in [0.05, 0.1) is 35.7 Å². The number of nitrogen functional groups attached to an aromatic ring is 1. The van der Waals surface area contributed by atoms with Crippen LogP contribution in [0.4, 0.5) is 5.95 Å². The summed E-state index contributed by atoms with van der Waals surface area (Å²) in [5, 5.41) is 9.18. The SMILES string of the molecule is COc1c(C)cnc(Cn2nc3c4c(nc(N)nc42)SC(C(=O)NCCN(C)C)CC3)c1C. The molecule has 0 saturated carbocycles. The summed E-state index contributed by atoms with van der Waals surface area (Å²) in [6.07, 6.45) is 3.13. The predicted molar refractivity (Wildman–Crippen MR) is 129 cm³/mol. The van der Waals surface area contributed by atoms with Crippen molar-refractivity contribution >= 4 is 34.7 Å². The Kier molecular flexibility index (Phi) is 6.71. The number of pyridine rings is 1. The molecule has 0 fully saturated rings. The third kappa shape index (κ3) is 4.74. The average molecular weight is 471 g/mol. The number of ether oxygens (including phenoxy) is 1. The van der Waals surface area contributed by atoms with Crippen molar-refractivity contribution in [3.8, 4) is 5.75 Å². The number of carbonyl (C=O) groups excluding carboxylic acids is 1. The molecule has 4 rings (SSSR count). The molecule has 1 aliphatic rings. The van der Waals surface area contributed by atoms with E-state index in [1.54, 1.807) is 13.3 Å². The third-order valence-corrected chi connectivity index (χ3v) is 7.00. The summed E-state index contributed by atoms with van der Waals surface area (Å²) in [5.41, 5.74) is 10.4. The van der Waals surface area contributed by atoms with Gasteiger partial charge in [0.2, 0.25) is 11.9 Å². The second-order valence-corrected chi connectivity index (χ2v) is 9.67. The van der Waals surface area contributed by atoms with Gasteiger partial charge in [-0.05, 0) is 40.8 Å². The highest BCUT2D eigenvalue weighted by Crippen LogP contribution is 2.37. The molecule has 0 saturated heterocycles. The van der Waals surface area contributed by atoms with Crippen LogP contribution in [0.25, 0.3) is 11.0 Å². The van der Waals surface area contributed by atoms with E-state index in [0.717, 1.165) is 40.2 Å². The molecule has 1 amide bonds. The molecule has 0 aliphatic carbocycles. The number of thioether (sulfide) groups is 1. The summed E-state index contributed by atoms with van der Waals surface area (Å²) < 4.78 is 7.38. The lowest BCUT2D eigenvalue weighted by molar-refractivity contribution is -0.120. The van der Waals surface area contributed by atoms with Gasteiger partial charge in [-0.3, -0.25) is 9.78 Å². The fourth-order valence-electron chi connectivity index (χ4n) is 4.03. The van der Waals surface area contributed by atoms with Gasteiger partial charge < -0.3 is 20.7 Å². The standard InChI is InChI=1S/C22H30N8O2S/c1-12-10-25-15(13(2)18(12)32-5)11-30-19-17-14(28-30)6-7-16(20(31)24-8-9-29(3)4)33-21(17)27-22(23)26-19/h10,16H,6-9,11H2,1-5H3,(H,24,31)(H2,23,26,27). The van der Waals surface area contributed by atoms with Gasteiger partial charge in [-0.1, -0.05) is 11.8 Å². The number of nitrogens with two attached hydrogens (primary N) is 1. The highest BCUT2D eigenvalue weighted by Gasteiger charge is 2.29. The zero-order valence-electron chi connectivity index (χ0n) is 19.7. The highest BCUT2D eigenvalue weighted by atomic mass is 32.2. The Morgan fingerprint density at radius 2 is 2.15 bits per heavy atom. The van der Waals surface area contributed by atoms with Gasteiger partial charge in [-0.15, -0.1) is 0 Å². The van der Waals surface area contributed by atoms with Crippen LogP contribution in [0.15, 0.2) is 11.2 Å². The maximum absolute atomic E-state index is 12.8. The van der Waals surface area contributed by atoms with Crippen LogP contribution in [0, 0.1) is 13.8 Å². The van der Waals surface area contributed by atoms with Crippen LogP contribution in [-0.4, -0.2) is 75.1 Å². The number of likely N-dealkylation sites (N-methyl/N-ethyl adjacent to an activating group) is 1. The lowest BCUT2D eigenvalue weighted by Crippen LogP contribution is -2.37. The Balaban J connectivity index is 1.64. The second kappa shape index (κ2) is 9.52. The normalized spacial score (nSPS) is 15.6. The van der Waals surface area contributed by atoms with Crippen molar-refractivity contribution < 1.29 is 9.53 Å². The number of aryl methyl sites for hydroxylation is 2. The van der Waals surface area contributed by atoms with Crippen LogP contribution < -0.4 is 15.8 Å². The first-order valence-corrected chi connectivity index (χ1v) is 11.8. The molecule has 3 aromatic rings. The van der Waals surface area contributed by atoms with E-state index in [4.69, 9.17) is 15.6 Å². The minimum Gasteiger partial charge on any atom is -0.496 e. The lowest BCUT2D eigenvalue weighted by Gasteiger charge is -2.16. The Morgan fingerprint density at radius 3 is 2.88 bits per heavy atom. The number of hydrogen-bond acceptors (Lipinski definition) is 9. The van der Waals surface area contributed by atoms with Crippen LogP contribution in [0.3, 0.4) is 0 Å². The number of anilines is 1. The third-order valence-electron chi connectivity index (χ3n) is 5.75. The Labute approximate surface area is 197 Å². The summed E-state index contributed by atoms with van der Waals surface area (Å²) >= 11 is 1.44. The second-order valence-electron chi connectivity index (χ2n) is 8.48. The van der Waals surface area contributed by atoms with Crippen LogP contribution in [-0.2, 0) is 17.8 Å². The van der Waals surface area contributed by atoms with Crippen molar-refractivity contribution in [1.29, 1.82) is 0 Å². The average Bonchev–Trinajstić information content (AvgIpc) is 2.98. The summed E-state index contributed by atoms with van der Waals surface area (Å²) in [6, 6.07) is 0. The van der Waals surface area contributed by atoms with Gasteiger partial charge in [0, 0.05) is 30.4 Å². The number of carbonyl (C=O) groups is 1. The first kappa shape index (κ1) is 23.2. The van der Waals surface area contributed by atoms with Crippen LogP contribution in [0.5, 0.6) is 5.75 Å². The number of hydrogen-bond donors (Lipinski definition) is 2. The molecule has 3 N–H and O–H groups in total. The molecule has 0 bridgehead atoms. The molecule has 11 heteroatoms. The van der Waals surface area contributed by atoms with Gasteiger partial charge in [0.15, 0.2) is 5.65 Å². The smallest absolute Gasteiger partial charge is 0.233 e. The maximum Gasteiger partial charge on any atom is 0.233 e. The quantitative estimate of drug-likeness (QED) is 0.495. The summed E-state index contributed by atoms with van der Waals surface area (Å²) in [6.45, 7) is 5.80. The minimum atomic E-state index is -0.252. The van der Waals surface area contributed by atoms with E-state index >= 15 is 0 Å². The summed E-state index contributed by atoms with van der Waals surface area (Å²) in [7, 11) is 5.62. The molecular formula is C22H30N8O2S. The van der Waals surface area contributed by atoms with E-state index in [1.807, 2.05) is 37.5 Å². The Morgan fingerprint density at radius 1 is 1.36 bits per heavy atom. The van der Waals surface area contributed by atoms with E-state index in [-0.39, 0.29) is 17.1 Å². The van der Waals surface area contributed by atoms with E-state index in [1.165, 1.54) is 11.8 Å². The fourth-order valence-corrected chi connectivity index (χ4v) is 5.20. The number of methoxy groups -OCH3 is 1. The molecule has 176 valence electrons. The van der Waals surface area contributed by atoms with Crippen LogP contribution >= 0.6 is 11.8 Å². The highest BCUT2D eigenvalue weighted by molar-refractivity contribution is 8.00. The Hall–Kier alpha value is -2.92. The van der Waals surface area contributed by atoms with Crippen molar-refractivity contribution in [3.63, 3.8) is 0 Å². The number of nitrogens with zero attached hydrogens (tertiary/aromatic N) is 6. The van der Waals surface area contributed by atoms with Gasteiger partial charge in [0.1, 0.15) is 10.8 Å². The number of nitrogens with one attached hydrogen (secondary N) is 1. The first-order valence-electron chi connectivity index (χ1n) is 10.9. The summed E-state index contributed by atoms with van der Waals surface area (Å²) in [4.78, 5) is 28.4. The topological polar surface area (TPSA) is 124 Å². The Bertz CT molecular complexity index is 1190. The predicted octanol–water partition coefficient (Wildman–Crippen LogP) is 1.56. The van der Waals surface area contributed by atoms with Crippen molar-refractivity contribution in [2.75, 3.05) is 40.0 Å². The molecule has 1 unspecified atom stereocenters. The molecule has 10 nitrogen and oxygen atoms in total. The minimum absolute atomic E-state index is 0.0109. The molecule has 4 heterocycles. The monoisotopic (exact) mass is 470 g/mol. The largest absolute Gasteiger partial charge is 0.496 e. The molecule has 1 aliphatic heterocycles. The van der Waals surface area contributed by atoms with Gasteiger partial charge in [-0.2, -0.15) is 10.1 Å².